The summed E-state index contributed by atoms with van der Waals surface area (Å²) in [6.45, 7) is 6.19. The fraction of sp³-hybridized carbons (Fsp3) is 0.426. The number of halogens is 3. The Kier molecular flexibility index (Phi) is 18.7. The van der Waals surface area contributed by atoms with Crippen LogP contribution in [-0.4, -0.2) is 31.3 Å². The van der Waals surface area contributed by atoms with Gasteiger partial charge in [0.2, 0.25) is 5.91 Å². The number of amidine groups is 1. The van der Waals surface area contributed by atoms with E-state index in [9.17, 15) is 18.0 Å². The maximum atomic E-state index is 14.5. The Bertz CT molecular complexity index is 2180. The van der Waals surface area contributed by atoms with Gasteiger partial charge in [0, 0.05) is 22.0 Å². The number of anilines is 2. The number of thioether (sulfide) groups is 1. The number of unbranched alkanes of at least 4 members (excludes halogenated alkanes) is 11. The zero-order chi connectivity index (χ0) is 43.1. The maximum Gasteiger partial charge on any atom is 0.267 e. The van der Waals surface area contributed by atoms with E-state index < -0.39 is 26.2 Å². The number of amides is 2. The standard InChI is InChI=1S/C47H57Cl3N4O4S2/c1-4-6-8-9-10-11-12-13-14-15-16-25-43(55)51-35-20-19-21-36(32-35)52-46-45(47(56)54(53-46)44-39(49)30-34(48)31-40(44)50)59-41-23-18-17-22-38(41)42(24-7-5-2)60(57,58)37-28-26-33(3)27-29-37/h17-23,26-32,42,45H,4-16,24-25H2,1-3H3,(H,51,55)(H,52,53). The van der Waals surface area contributed by atoms with Crippen LogP contribution in [0.3, 0.4) is 0 Å². The average molecular weight is 912 g/mol. The van der Waals surface area contributed by atoms with Crippen LogP contribution in [0.2, 0.25) is 15.1 Å². The predicted molar refractivity (Wildman–Crippen MR) is 252 cm³/mol. The Morgan fingerprint density at radius 3 is 2.07 bits per heavy atom. The fourth-order valence-electron chi connectivity index (χ4n) is 7.27. The highest BCUT2D eigenvalue weighted by atomic mass is 35.5. The van der Waals surface area contributed by atoms with Crippen molar-refractivity contribution in [1.82, 2.24) is 5.43 Å². The Morgan fingerprint density at radius 1 is 0.800 bits per heavy atom. The Hall–Kier alpha value is -3.54. The average Bonchev–Trinajstić information content (AvgIpc) is 3.50. The van der Waals surface area contributed by atoms with E-state index in [4.69, 9.17) is 39.8 Å². The van der Waals surface area contributed by atoms with Crippen LogP contribution in [0.5, 0.6) is 0 Å². The van der Waals surface area contributed by atoms with Gasteiger partial charge in [-0.2, -0.15) is 0 Å². The number of nitrogens with one attached hydrogen (secondary N) is 2. The van der Waals surface area contributed by atoms with Crippen LogP contribution >= 0.6 is 46.6 Å². The van der Waals surface area contributed by atoms with Crippen molar-refractivity contribution < 1.29 is 18.0 Å². The van der Waals surface area contributed by atoms with Gasteiger partial charge in [0.15, 0.2) is 9.84 Å². The lowest BCUT2D eigenvalue weighted by Crippen LogP contribution is -2.36. The van der Waals surface area contributed by atoms with Crippen molar-refractivity contribution in [3.63, 3.8) is 0 Å². The molecular weight excluding hydrogens is 855 g/mol. The first-order valence-electron chi connectivity index (χ1n) is 21.2. The second kappa shape index (κ2) is 23.6. The number of hydrazine groups is 1. The molecule has 1 fully saturated rings. The van der Waals surface area contributed by atoms with Gasteiger partial charge in [-0.05, 0) is 73.9 Å². The third-order valence-electron chi connectivity index (χ3n) is 10.6. The number of carbonyl (C=O) groups excluding carboxylic acids is 2. The molecule has 1 aliphatic heterocycles. The molecule has 2 amide bonds. The zero-order valence-corrected chi connectivity index (χ0v) is 38.7. The lowest BCUT2D eigenvalue weighted by Gasteiger charge is -2.22. The van der Waals surface area contributed by atoms with Gasteiger partial charge in [0.25, 0.3) is 5.91 Å². The largest absolute Gasteiger partial charge is 0.326 e. The molecule has 2 unspecified atom stereocenters. The first-order valence-corrected chi connectivity index (χ1v) is 24.8. The van der Waals surface area contributed by atoms with Gasteiger partial charge in [0.1, 0.15) is 16.8 Å². The normalized spacial score (nSPS) is 15.4. The molecule has 0 spiro atoms. The van der Waals surface area contributed by atoms with E-state index in [1.54, 1.807) is 42.5 Å². The second-order valence-corrected chi connectivity index (χ2v) is 19.9. The first kappa shape index (κ1) is 47.5. The summed E-state index contributed by atoms with van der Waals surface area (Å²) in [5, 5.41) is 3.09. The molecule has 2 N–H and O–H groups in total. The van der Waals surface area contributed by atoms with E-state index in [-0.39, 0.29) is 32.4 Å². The van der Waals surface area contributed by atoms with Gasteiger partial charge in [0.05, 0.1) is 25.9 Å². The fourth-order valence-corrected chi connectivity index (χ4v) is 11.4. The third kappa shape index (κ3) is 13.2. The highest BCUT2D eigenvalue weighted by molar-refractivity contribution is 8.01. The summed E-state index contributed by atoms with van der Waals surface area (Å²) in [5.74, 6) is -0.202. The molecule has 2 atom stereocenters. The topological polar surface area (TPSA) is 108 Å². The quantitative estimate of drug-likeness (QED) is 0.0718. The molecule has 5 rings (SSSR count). The molecule has 4 aromatic carbocycles. The van der Waals surface area contributed by atoms with Gasteiger partial charge in [-0.25, -0.2) is 18.4 Å². The van der Waals surface area contributed by atoms with E-state index in [2.05, 4.69) is 17.7 Å². The van der Waals surface area contributed by atoms with E-state index in [1.807, 2.05) is 44.2 Å². The molecule has 4 aromatic rings. The van der Waals surface area contributed by atoms with E-state index in [0.29, 0.717) is 46.1 Å². The molecule has 0 aromatic heterocycles. The minimum Gasteiger partial charge on any atom is -0.326 e. The van der Waals surface area contributed by atoms with E-state index in [0.717, 1.165) is 31.2 Å². The van der Waals surface area contributed by atoms with Crippen molar-refractivity contribution >= 4 is 91.1 Å². The molecule has 1 heterocycles. The molecule has 1 saturated heterocycles. The lowest BCUT2D eigenvalue weighted by atomic mass is 10.1. The van der Waals surface area contributed by atoms with Crippen molar-refractivity contribution in [2.45, 2.75) is 137 Å². The molecule has 8 nitrogen and oxygen atoms in total. The predicted octanol–water partition coefficient (Wildman–Crippen LogP) is 14.0. The van der Waals surface area contributed by atoms with Crippen molar-refractivity contribution in [2.24, 2.45) is 4.99 Å². The summed E-state index contributed by atoms with van der Waals surface area (Å²) >= 11 is 20.7. The van der Waals surface area contributed by atoms with Gasteiger partial charge in [-0.1, -0.05) is 168 Å². The number of nitrogens with zero attached hydrogens (tertiary/aromatic N) is 2. The van der Waals surface area contributed by atoms with E-state index in [1.165, 1.54) is 80.3 Å². The lowest BCUT2D eigenvalue weighted by molar-refractivity contribution is -0.117. The number of sulfone groups is 1. The third-order valence-corrected chi connectivity index (χ3v) is 14.8. The zero-order valence-electron chi connectivity index (χ0n) is 34.8. The van der Waals surface area contributed by atoms with Crippen LogP contribution in [-0.2, 0) is 19.4 Å². The van der Waals surface area contributed by atoms with Gasteiger partial charge >= 0.3 is 0 Å². The van der Waals surface area contributed by atoms with Crippen molar-refractivity contribution in [1.29, 1.82) is 0 Å². The number of benzene rings is 4. The Morgan fingerprint density at radius 2 is 1.42 bits per heavy atom. The molecule has 0 saturated carbocycles. The highest BCUT2D eigenvalue weighted by Gasteiger charge is 2.42. The number of aliphatic imine (C=N–C) groups is 1. The van der Waals surface area contributed by atoms with Gasteiger partial charge in [-0.15, -0.1) is 11.8 Å². The minimum absolute atomic E-state index is 0.0636. The summed E-state index contributed by atoms with van der Waals surface area (Å²) in [5.41, 5.74) is 6.00. The number of hydrogen-bond acceptors (Lipinski definition) is 6. The van der Waals surface area contributed by atoms with Crippen LogP contribution in [0.25, 0.3) is 0 Å². The van der Waals surface area contributed by atoms with E-state index >= 15 is 0 Å². The summed E-state index contributed by atoms with van der Waals surface area (Å²) in [4.78, 5) is 33.2. The molecule has 1 aliphatic rings. The molecule has 0 radical (unpaired) electrons. The molecule has 60 heavy (non-hydrogen) atoms. The minimum atomic E-state index is -3.81. The molecule has 0 bridgehead atoms. The van der Waals surface area contributed by atoms with Crippen LogP contribution in [0.1, 0.15) is 127 Å². The van der Waals surface area contributed by atoms with Crippen LogP contribution in [0, 0.1) is 6.92 Å². The Balaban J connectivity index is 1.37. The molecule has 0 aliphatic carbocycles. The molecule has 13 heteroatoms. The highest BCUT2D eigenvalue weighted by Crippen LogP contribution is 2.43. The number of aryl methyl sites for hydroxylation is 1. The van der Waals surface area contributed by atoms with Crippen LogP contribution < -0.4 is 15.8 Å². The number of rotatable bonds is 23. The number of carbonyl (C=O) groups is 2. The second-order valence-electron chi connectivity index (χ2n) is 15.4. The van der Waals surface area contributed by atoms with Crippen molar-refractivity contribution in [2.75, 3.05) is 10.3 Å². The van der Waals surface area contributed by atoms with Crippen molar-refractivity contribution in [3.05, 3.63) is 111 Å². The molecule has 322 valence electrons. The van der Waals surface area contributed by atoms with Crippen molar-refractivity contribution in [3.8, 4) is 0 Å². The first-order chi connectivity index (χ1) is 28.9. The summed E-state index contributed by atoms with van der Waals surface area (Å²) in [6, 6.07) is 24.4. The monoisotopic (exact) mass is 910 g/mol. The SMILES string of the molecule is CCCCCCCCCCCCCC(=O)Nc1cccc(N=C2NN(c3c(Cl)cc(Cl)cc3Cl)C(=O)C2Sc2ccccc2C(CCCC)S(=O)(=O)c2ccc(C)cc2)c1. The summed E-state index contributed by atoms with van der Waals surface area (Å²) in [6.07, 6.45) is 15.7. The Labute approximate surface area is 376 Å². The van der Waals surface area contributed by atoms with Crippen LogP contribution in [0.4, 0.5) is 17.1 Å². The smallest absolute Gasteiger partial charge is 0.267 e. The maximum absolute atomic E-state index is 14.5. The summed E-state index contributed by atoms with van der Waals surface area (Å²) < 4.78 is 28.6. The van der Waals surface area contributed by atoms with Crippen LogP contribution in [0.15, 0.2) is 99.7 Å². The van der Waals surface area contributed by atoms with Gasteiger partial charge < -0.3 is 5.32 Å². The molecular formula is C47H57Cl3N4O4S2. The summed E-state index contributed by atoms with van der Waals surface area (Å²) in [7, 11) is -3.81. The number of hydrogen-bond donors (Lipinski definition) is 2. The van der Waals surface area contributed by atoms with Gasteiger partial charge in [-0.3, -0.25) is 15.0 Å².